The molecular weight excluding hydrogens is 392 g/mol. The van der Waals surface area contributed by atoms with Gasteiger partial charge in [-0.15, -0.1) is 10.2 Å². The third-order valence-corrected chi connectivity index (χ3v) is 4.63. The number of carbonyl (C=O) groups is 1. The lowest BCUT2D eigenvalue weighted by Gasteiger charge is -2.06. The van der Waals surface area contributed by atoms with E-state index in [0.29, 0.717) is 44.5 Å². The molecule has 8 heteroatoms. The topological polar surface area (TPSA) is 78.3 Å². The number of carbonyl (C=O) groups excluding carboxylic acids is 1. The van der Waals surface area contributed by atoms with Gasteiger partial charge in [-0.05, 0) is 54.6 Å². The molecule has 0 fully saturated rings. The van der Waals surface area contributed by atoms with Crippen molar-refractivity contribution in [3.05, 3.63) is 71.2 Å². The van der Waals surface area contributed by atoms with E-state index < -0.39 is 0 Å². The van der Waals surface area contributed by atoms with Gasteiger partial charge in [-0.1, -0.05) is 17.7 Å². The van der Waals surface area contributed by atoms with E-state index in [4.69, 9.17) is 21.1 Å². The summed E-state index contributed by atoms with van der Waals surface area (Å²) in [5.41, 5.74) is 3.15. The predicted molar refractivity (Wildman–Crippen MR) is 111 cm³/mol. The van der Waals surface area contributed by atoms with E-state index in [2.05, 4.69) is 15.5 Å². The summed E-state index contributed by atoms with van der Waals surface area (Å²) in [6.45, 7) is 0. The van der Waals surface area contributed by atoms with Crippen LogP contribution in [0.2, 0.25) is 5.02 Å². The second-order valence-corrected chi connectivity index (χ2v) is 6.61. The molecule has 1 amide bonds. The highest BCUT2D eigenvalue weighted by atomic mass is 35.5. The fourth-order valence-electron chi connectivity index (χ4n) is 2.86. The molecule has 1 heterocycles. The first-order valence-corrected chi connectivity index (χ1v) is 9.11. The molecule has 0 spiro atoms. The summed E-state index contributed by atoms with van der Waals surface area (Å²) in [5.74, 6) is 0.960. The summed E-state index contributed by atoms with van der Waals surface area (Å²) in [5, 5.41) is 12.3. The fraction of sp³-hybridized carbons (Fsp3) is 0.0952. The number of nitrogens with zero attached hydrogens (tertiary/aromatic N) is 3. The van der Waals surface area contributed by atoms with Crippen molar-refractivity contribution in [2.75, 3.05) is 19.5 Å². The number of hydrogen-bond donors (Lipinski definition) is 1. The molecule has 0 saturated heterocycles. The Bertz CT molecular complexity index is 1210. The number of rotatable bonds is 5. The van der Waals surface area contributed by atoms with Gasteiger partial charge in [0.15, 0.2) is 0 Å². The third kappa shape index (κ3) is 3.86. The lowest BCUT2D eigenvalue weighted by atomic mass is 10.2. The smallest absolute Gasteiger partial charge is 0.255 e. The van der Waals surface area contributed by atoms with Gasteiger partial charge >= 0.3 is 0 Å². The summed E-state index contributed by atoms with van der Waals surface area (Å²) < 4.78 is 10.3. The first kappa shape index (κ1) is 18.8. The molecule has 7 nitrogen and oxygen atoms in total. The lowest BCUT2D eigenvalue weighted by Crippen LogP contribution is -2.11. The number of methoxy groups -OCH3 is 2. The molecule has 0 aliphatic rings. The highest BCUT2D eigenvalue weighted by molar-refractivity contribution is 6.32. The second kappa shape index (κ2) is 7.81. The number of ether oxygens (including phenoxy) is 2. The minimum atomic E-state index is -0.238. The average molecular weight is 409 g/mol. The summed E-state index contributed by atoms with van der Waals surface area (Å²) in [6.07, 6.45) is 0. The molecule has 0 bridgehead atoms. The van der Waals surface area contributed by atoms with E-state index >= 15 is 0 Å². The first-order valence-electron chi connectivity index (χ1n) is 8.74. The van der Waals surface area contributed by atoms with Gasteiger partial charge < -0.3 is 14.8 Å². The minimum absolute atomic E-state index is 0.238. The fourth-order valence-corrected chi connectivity index (χ4v) is 3.11. The van der Waals surface area contributed by atoms with Gasteiger partial charge in [0.05, 0.1) is 24.9 Å². The van der Waals surface area contributed by atoms with Gasteiger partial charge in [0.1, 0.15) is 22.5 Å². The third-order valence-electron chi connectivity index (χ3n) is 4.34. The molecule has 1 N–H and O–H groups in total. The Morgan fingerprint density at radius 1 is 0.966 bits per heavy atom. The standard InChI is InChI=1S/C21H17ClN4O3/c1-28-16-5-3-4-13(10-16)21(27)23-14-6-8-18-19(11-14)25-26(24-18)15-7-9-20(29-2)17(22)12-15/h3-12H,1-2H3,(H,23,27). The van der Waals surface area contributed by atoms with E-state index in [0.717, 1.165) is 0 Å². The minimum Gasteiger partial charge on any atom is -0.497 e. The van der Waals surface area contributed by atoms with Crippen molar-refractivity contribution in [2.45, 2.75) is 0 Å². The van der Waals surface area contributed by atoms with Crippen molar-refractivity contribution in [3.63, 3.8) is 0 Å². The Morgan fingerprint density at radius 3 is 2.55 bits per heavy atom. The van der Waals surface area contributed by atoms with Crippen molar-refractivity contribution >= 4 is 34.2 Å². The van der Waals surface area contributed by atoms with Crippen LogP contribution in [-0.4, -0.2) is 35.1 Å². The molecule has 3 aromatic carbocycles. The molecule has 0 aliphatic heterocycles. The van der Waals surface area contributed by atoms with E-state index in [-0.39, 0.29) is 5.91 Å². The normalized spacial score (nSPS) is 10.7. The maximum atomic E-state index is 12.5. The van der Waals surface area contributed by atoms with Gasteiger partial charge in [-0.25, -0.2) is 0 Å². The number of hydrogen-bond acceptors (Lipinski definition) is 5. The van der Waals surface area contributed by atoms with Crippen LogP contribution in [0.25, 0.3) is 16.7 Å². The Kier molecular flexibility index (Phi) is 5.05. The maximum Gasteiger partial charge on any atom is 0.255 e. The Hall–Kier alpha value is -3.58. The van der Waals surface area contributed by atoms with Crippen LogP contribution in [0, 0.1) is 0 Å². The molecule has 0 radical (unpaired) electrons. The first-order chi connectivity index (χ1) is 14.1. The van der Waals surface area contributed by atoms with Crippen LogP contribution in [0.4, 0.5) is 5.69 Å². The highest BCUT2D eigenvalue weighted by Gasteiger charge is 2.11. The number of halogens is 1. The van der Waals surface area contributed by atoms with Gasteiger partial charge in [0.2, 0.25) is 0 Å². The molecule has 0 unspecified atom stereocenters. The van der Waals surface area contributed by atoms with Crippen LogP contribution < -0.4 is 14.8 Å². The number of anilines is 1. The van der Waals surface area contributed by atoms with Crippen molar-refractivity contribution < 1.29 is 14.3 Å². The number of fused-ring (bicyclic) bond motifs is 1. The summed E-state index contributed by atoms with van der Waals surface area (Å²) in [7, 11) is 3.12. The molecule has 1 aromatic heterocycles. The van der Waals surface area contributed by atoms with Gasteiger partial charge in [0, 0.05) is 11.3 Å². The number of benzene rings is 3. The Balaban J connectivity index is 1.60. The number of amides is 1. The van der Waals surface area contributed by atoms with Crippen molar-refractivity contribution in [2.24, 2.45) is 0 Å². The van der Waals surface area contributed by atoms with Crippen LogP contribution in [0.1, 0.15) is 10.4 Å². The number of aromatic nitrogens is 3. The zero-order chi connectivity index (χ0) is 20.4. The molecule has 4 rings (SSSR count). The largest absolute Gasteiger partial charge is 0.497 e. The van der Waals surface area contributed by atoms with Crippen molar-refractivity contribution in [3.8, 4) is 17.2 Å². The Morgan fingerprint density at radius 2 is 1.79 bits per heavy atom. The number of nitrogens with one attached hydrogen (secondary N) is 1. The molecular formula is C21H17ClN4O3. The van der Waals surface area contributed by atoms with E-state index in [1.54, 1.807) is 68.8 Å². The SMILES string of the molecule is COc1cccc(C(=O)Nc2ccc3nn(-c4ccc(OC)c(Cl)c4)nc3c2)c1. The van der Waals surface area contributed by atoms with Crippen molar-refractivity contribution in [1.82, 2.24) is 15.0 Å². The van der Waals surface area contributed by atoms with Crippen LogP contribution in [0.15, 0.2) is 60.7 Å². The highest BCUT2D eigenvalue weighted by Crippen LogP contribution is 2.27. The van der Waals surface area contributed by atoms with Gasteiger partial charge in [-0.3, -0.25) is 4.79 Å². The second-order valence-electron chi connectivity index (χ2n) is 6.20. The van der Waals surface area contributed by atoms with Gasteiger partial charge in [0.25, 0.3) is 5.91 Å². The predicted octanol–water partition coefficient (Wildman–Crippen LogP) is 4.34. The van der Waals surface area contributed by atoms with Crippen LogP contribution in [0.3, 0.4) is 0 Å². The van der Waals surface area contributed by atoms with Gasteiger partial charge in [-0.2, -0.15) is 4.80 Å². The maximum absolute atomic E-state index is 12.5. The summed E-state index contributed by atoms with van der Waals surface area (Å²) in [4.78, 5) is 14.0. The van der Waals surface area contributed by atoms with Crippen LogP contribution in [-0.2, 0) is 0 Å². The monoisotopic (exact) mass is 408 g/mol. The Labute approximate surface area is 171 Å². The van der Waals surface area contributed by atoms with Crippen molar-refractivity contribution in [1.29, 1.82) is 0 Å². The summed E-state index contributed by atoms with van der Waals surface area (Å²) in [6, 6.07) is 17.6. The molecule has 0 aliphatic carbocycles. The summed E-state index contributed by atoms with van der Waals surface area (Å²) >= 11 is 6.19. The molecule has 4 aromatic rings. The van der Waals surface area contributed by atoms with Crippen LogP contribution >= 0.6 is 11.6 Å². The quantitative estimate of drug-likeness (QED) is 0.531. The molecule has 0 saturated carbocycles. The lowest BCUT2D eigenvalue weighted by molar-refractivity contribution is 0.102. The molecule has 29 heavy (non-hydrogen) atoms. The average Bonchev–Trinajstić information content (AvgIpc) is 3.17. The zero-order valence-corrected chi connectivity index (χ0v) is 16.5. The van der Waals surface area contributed by atoms with Crippen LogP contribution in [0.5, 0.6) is 11.5 Å². The van der Waals surface area contributed by atoms with E-state index in [1.165, 1.54) is 4.80 Å². The molecule has 146 valence electrons. The van der Waals surface area contributed by atoms with E-state index in [9.17, 15) is 4.79 Å². The molecule has 0 atom stereocenters. The van der Waals surface area contributed by atoms with E-state index in [1.807, 2.05) is 6.07 Å². The zero-order valence-electron chi connectivity index (χ0n) is 15.7.